The Hall–Kier alpha value is -7.13. The van der Waals surface area contributed by atoms with Gasteiger partial charge in [-0.3, -0.25) is 0 Å². The van der Waals surface area contributed by atoms with Crippen LogP contribution in [-0.2, 0) is 46.0 Å². The van der Waals surface area contributed by atoms with E-state index in [1.165, 1.54) is 199 Å². The van der Waals surface area contributed by atoms with Gasteiger partial charge >= 0.3 is 83.2 Å². The zero-order valence-corrected chi connectivity index (χ0v) is 63.2. The molecule has 90 heavy (non-hydrogen) atoms. The van der Waals surface area contributed by atoms with Crippen LogP contribution in [0.1, 0.15) is 22.3 Å². The third-order valence-electron chi connectivity index (χ3n) is 15.9. The Balaban J connectivity index is 0.000000136. The van der Waals surface area contributed by atoms with E-state index < -0.39 is 0 Å². The molecule has 0 nitrogen and oxygen atoms in total. The van der Waals surface area contributed by atoms with Gasteiger partial charge in [0.1, 0.15) is 0 Å². The van der Waals surface area contributed by atoms with Crippen LogP contribution in [-0.4, -0.2) is 11.0 Å². The van der Waals surface area contributed by atoms with Crippen LogP contribution < -0.4 is 24.8 Å². The molecule has 0 unspecified atom stereocenters. The Morgan fingerprint density at radius 1 is 0.222 bits per heavy atom. The molecule has 0 spiro atoms. The van der Waals surface area contributed by atoms with Crippen LogP contribution >= 0.6 is 0 Å². The quantitative estimate of drug-likeness (QED) is 0.122. The maximum absolute atomic E-state index is 2.33. The van der Waals surface area contributed by atoms with Crippen LogP contribution in [0, 0.1) is 27.7 Å². The predicted molar refractivity (Wildman–Crippen MR) is 384 cm³/mol. The second-order valence-corrected chi connectivity index (χ2v) is 49.0. The van der Waals surface area contributed by atoms with Crippen LogP contribution in [0.5, 0.6) is 0 Å². The molecule has 0 atom stereocenters. The Morgan fingerprint density at radius 2 is 0.378 bits per heavy atom. The van der Waals surface area contributed by atoms with Crippen molar-refractivity contribution in [2.75, 3.05) is 0 Å². The molecule has 0 fully saturated rings. The number of aryl methyl sites for hydroxylation is 4. The van der Waals surface area contributed by atoms with Crippen molar-refractivity contribution in [2.45, 2.75) is 53.9 Å². The maximum atomic E-state index is 2.33. The molecular weight excluding hydrogens is 1490 g/mol. The predicted octanol–water partition coefficient (Wildman–Crippen LogP) is 18.3. The zero-order valence-electron chi connectivity index (χ0n) is 52.5. The van der Waals surface area contributed by atoms with Crippen LogP contribution in [0.4, 0.5) is 0 Å². The Morgan fingerprint density at radius 3 is 0.578 bits per heavy atom. The van der Waals surface area contributed by atoms with E-state index in [0.29, 0.717) is 0 Å². The van der Waals surface area contributed by atoms with E-state index in [2.05, 4.69) is 345 Å². The van der Waals surface area contributed by atoms with Gasteiger partial charge in [0.25, 0.3) is 0 Å². The van der Waals surface area contributed by atoms with Gasteiger partial charge in [-0.25, -0.2) is 0 Å². The molecule has 0 bridgehead atoms. The van der Waals surface area contributed by atoms with Crippen LogP contribution in [0.15, 0.2) is 291 Å². The topological polar surface area (TPSA) is 0 Å². The molecule has 16 rings (SSSR count). The van der Waals surface area contributed by atoms with Crippen LogP contribution in [0.2, 0.25) is 26.2 Å². The summed E-state index contributed by atoms with van der Waals surface area (Å²) in [5, 5.41) is 21.2. The third-order valence-corrected chi connectivity index (χ3v) is 15.9. The number of hydrogen-bond acceptors (Lipinski definition) is 0. The van der Waals surface area contributed by atoms with Gasteiger partial charge in [0.2, 0.25) is 0 Å². The van der Waals surface area contributed by atoms with Crippen LogP contribution in [0.25, 0.3) is 131 Å². The Labute approximate surface area is 574 Å². The molecule has 0 amide bonds. The van der Waals surface area contributed by atoms with Gasteiger partial charge < -0.3 is 24.8 Å². The summed E-state index contributed by atoms with van der Waals surface area (Å²) in [5.41, 5.74) is 16.4. The monoisotopic (exact) mass is 1570 g/mol. The molecule has 0 saturated heterocycles. The molecule has 0 N–H and O–H groups in total. The van der Waals surface area contributed by atoms with Gasteiger partial charge in [0, 0.05) is 0 Å². The van der Waals surface area contributed by atoms with Gasteiger partial charge in [-0.1, -0.05) is 244 Å². The fourth-order valence-corrected chi connectivity index (χ4v) is 12.3. The van der Waals surface area contributed by atoms with Crippen molar-refractivity contribution in [3.63, 3.8) is 0 Å². The van der Waals surface area contributed by atoms with Crippen molar-refractivity contribution in [1.29, 1.82) is 0 Å². The average Bonchev–Trinajstić information content (AvgIpc) is 1.52. The van der Waals surface area contributed by atoms with Crippen molar-refractivity contribution < 1.29 is 70.8 Å². The number of fused-ring (bicyclic) bond motifs is 8. The molecule has 0 aromatic heterocycles. The SMILES string of the molecule is C[Si](C)=[Hf+2].C[Si](C)=[Hf+2].Cc1cc2c(-c3cccc4ccccc34)cccc2[cH-]1.Cc1cc2c(-c3cccc4ccccc34)cccc2[cH-]1.Cc1cc2c(-c3cccc4ccccc34)cccc2[cH-]1.Cc1cc2c(-c3cccc4ccccc34)cccc2[cH-]1.[Cl-].[Cl-]. The number of benzene rings is 12. The Bertz CT molecular complexity index is 4490. The Kier molecular flexibility index (Phi) is 23.4. The summed E-state index contributed by atoms with van der Waals surface area (Å²) in [6.07, 6.45) is 0. The van der Waals surface area contributed by atoms with Crippen molar-refractivity contribution in [1.82, 2.24) is 0 Å². The van der Waals surface area contributed by atoms with E-state index in [-0.39, 0.29) is 35.8 Å². The van der Waals surface area contributed by atoms with Crippen molar-refractivity contribution in [3.05, 3.63) is 313 Å². The fraction of sp³-hybridized carbons (Fsp3) is 0.0952. The van der Waals surface area contributed by atoms with Gasteiger partial charge in [-0.05, 0) is 65.3 Å². The number of hydrogen-bond donors (Lipinski definition) is 0. The summed E-state index contributed by atoms with van der Waals surface area (Å²) in [5.74, 6) is 0. The molecule has 6 heteroatoms. The summed E-state index contributed by atoms with van der Waals surface area (Å²) in [6, 6.07) is 105. The van der Waals surface area contributed by atoms with E-state index >= 15 is 0 Å². The van der Waals surface area contributed by atoms with Gasteiger partial charge in [0.05, 0.1) is 0 Å². The van der Waals surface area contributed by atoms with Gasteiger partial charge in [-0.2, -0.15) is 24.3 Å². The van der Waals surface area contributed by atoms with Gasteiger partial charge in [0.15, 0.2) is 0 Å². The minimum Gasteiger partial charge on any atom is -1.00 e. The first kappa shape index (κ1) is 67.3. The first-order valence-electron chi connectivity index (χ1n) is 30.4. The average molecular weight is 1570 g/mol. The summed E-state index contributed by atoms with van der Waals surface area (Å²) in [6.45, 7) is 18.0. The largest absolute Gasteiger partial charge is 1.00 e. The summed E-state index contributed by atoms with van der Waals surface area (Å²) >= 11 is 2.90. The summed E-state index contributed by atoms with van der Waals surface area (Å²) in [7, 11) is 0. The fourth-order valence-electron chi connectivity index (χ4n) is 12.3. The first-order chi connectivity index (χ1) is 42.8. The van der Waals surface area contributed by atoms with E-state index in [4.69, 9.17) is 0 Å². The van der Waals surface area contributed by atoms with E-state index in [9.17, 15) is 0 Å². The van der Waals surface area contributed by atoms with Crippen molar-refractivity contribution in [3.8, 4) is 44.5 Å². The number of halogens is 2. The van der Waals surface area contributed by atoms with E-state index in [1.54, 1.807) is 0 Å². The molecule has 0 aliphatic rings. The molecule has 0 saturated carbocycles. The van der Waals surface area contributed by atoms with Crippen LogP contribution in [0.3, 0.4) is 0 Å². The van der Waals surface area contributed by atoms with E-state index in [0.717, 1.165) is 0 Å². The minimum atomic E-state index is 0. The zero-order chi connectivity index (χ0) is 61.3. The first-order valence-corrected chi connectivity index (χ1v) is 46.2. The smallest absolute Gasteiger partial charge is 0.0114 e. The summed E-state index contributed by atoms with van der Waals surface area (Å²) in [4.78, 5) is 0. The van der Waals surface area contributed by atoms with E-state index in [1.807, 2.05) is 0 Å². The molecule has 0 radical (unpaired) electrons. The molecule has 0 aliphatic carbocycles. The second kappa shape index (κ2) is 31.3. The second-order valence-electron chi connectivity index (χ2n) is 23.5. The molecule has 0 aliphatic heterocycles. The normalized spacial score (nSPS) is 10.6. The minimum absolute atomic E-state index is 0. The molecule has 440 valence electrons. The van der Waals surface area contributed by atoms with Crippen molar-refractivity contribution >= 4 is 97.2 Å². The summed E-state index contributed by atoms with van der Waals surface area (Å²) < 4.78 is 0. The standard InChI is InChI=1S/4C20H15.2C2H6Si.2ClH.2Hf/c4*1-14-12-16-8-5-11-19(20(16)13-14)18-10-4-7-15-6-2-3-9-17(15)18;2*1-3-2;;;;/h4*2-13H,1H3;2*1-2H3;2*1H;;/q4*-1;;;;;2*+2/p-2. The molecule has 16 aromatic carbocycles. The third kappa shape index (κ3) is 15.8. The number of rotatable bonds is 4. The van der Waals surface area contributed by atoms with Crippen molar-refractivity contribution in [2.24, 2.45) is 0 Å². The molecule has 16 aromatic rings. The molecule has 0 heterocycles. The maximum Gasteiger partial charge on any atom is -0.0114 e. The molecular formula is C84H72Cl2Hf2Si2-2. The van der Waals surface area contributed by atoms with Gasteiger partial charge in [-0.15, -0.1) is 138 Å².